The molecule has 0 aliphatic rings. The van der Waals surface area contributed by atoms with Gasteiger partial charge < -0.3 is 17.1 Å². The molecule has 0 amide bonds. The van der Waals surface area contributed by atoms with Gasteiger partial charge in [-0.2, -0.15) is 0 Å². The fraction of sp³-hybridized carbons (Fsp3) is 0. The zero-order chi connectivity index (χ0) is 0. The molecule has 0 aromatic rings. The molecule has 0 saturated heterocycles. The average molecular weight is 155 g/mol. The summed E-state index contributed by atoms with van der Waals surface area (Å²) in [5.41, 5.74) is 0. The fourth-order valence-electron chi connectivity index (χ4n) is 0. The molecule has 0 aromatic carbocycles. The summed E-state index contributed by atoms with van der Waals surface area (Å²) in [7, 11) is 0. The summed E-state index contributed by atoms with van der Waals surface area (Å²) in [5, 5.41) is 0. The van der Waals surface area contributed by atoms with Gasteiger partial charge in [-0.05, 0) is 0 Å². The number of rotatable bonds is 0. The van der Waals surface area contributed by atoms with Gasteiger partial charge in [0.2, 0.25) is 0 Å². The third-order valence-electron chi connectivity index (χ3n) is 0. The van der Waals surface area contributed by atoms with E-state index >= 15 is 0 Å². The summed E-state index contributed by atoms with van der Waals surface area (Å²) in [5.74, 6) is 0. The van der Waals surface area contributed by atoms with Crippen LogP contribution in [-0.4, -0.2) is 0 Å². The zero-order valence-electron chi connectivity index (χ0n) is 1.84. The molecule has 0 unspecified atom stereocenters. The van der Waals surface area contributed by atoms with Gasteiger partial charge in [0.25, 0.3) is 0 Å². The number of hydrogen-bond donors (Lipinski definition) is 1. The average Bonchev–Trinajstić information content (AvgIpc) is 0. The molecule has 0 atom stereocenters. The van der Waals surface area contributed by atoms with Gasteiger partial charge in [-0.3, -0.25) is 0 Å². The van der Waals surface area contributed by atoms with Crippen molar-refractivity contribution in [2.75, 3.05) is 0 Å². The van der Waals surface area contributed by atoms with Gasteiger partial charge in [0.15, 0.2) is 0 Å². The molecule has 0 heterocycles. The van der Waals surface area contributed by atoms with Crippen LogP contribution in [0.2, 0.25) is 0 Å². The first kappa shape index (κ1) is 194. The molecule has 4 heavy (non-hydrogen) atoms. The van der Waals surface area contributed by atoms with Crippen molar-refractivity contribution in [2.24, 2.45) is 0 Å². The van der Waals surface area contributed by atoms with Gasteiger partial charge in [0, 0.05) is 20.4 Å². The standard InChI is InChI=1S/H3N.2O.Pd/h1H3;;;/q;2*-2;. The summed E-state index contributed by atoms with van der Waals surface area (Å²) in [6, 6.07) is 0. The predicted molar refractivity (Wildman–Crippen MR) is 6.40 cm³/mol. The second kappa shape index (κ2) is 77.8. The predicted octanol–water partition coefficient (Wildman–Crippen LogP) is -0.0781. The number of hydrogen-bond acceptors (Lipinski definition) is 1. The van der Waals surface area contributed by atoms with Crippen molar-refractivity contribution in [3.8, 4) is 0 Å². The first-order valence-electron chi connectivity index (χ1n) is 0. The molecule has 0 aliphatic carbocycles. The van der Waals surface area contributed by atoms with Gasteiger partial charge in [0.05, 0.1) is 0 Å². The molecule has 0 spiro atoms. The second-order valence-corrected chi connectivity index (χ2v) is 0. The quantitative estimate of drug-likeness (QED) is 0.487. The topological polar surface area (TPSA) is 92.0 Å². The summed E-state index contributed by atoms with van der Waals surface area (Å²) in [6.07, 6.45) is 0. The Hall–Kier alpha value is 0.542. The molecule has 0 rings (SSSR count). The molecular formula is H3NO2Pd-4. The maximum atomic E-state index is 0. The van der Waals surface area contributed by atoms with Gasteiger partial charge in [-0.1, -0.05) is 0 Å². The molecular weight excluding hydrogens is 152 g/mol. The van der Waals surface area contributed by atoms with E-state index in [-0.39, 0.29) is 37.5 Å². The van der Waals surface area contributed by atoms with E-state index in [1.807, 2.05) is 0 Å². The minimum Gasteiger partial charge on any atom is -2.00 e. The van der Waals surface area contributed by atoms with Crippen LogP contribution in [0.1, 0.15) is 0 Å². The Morgan fingerprint density at radius 1 is 0.750 bits per heavy atom. The van der Waals surface area contributed by atoms with Crippen molar-refractivity contribution in [1.82, 2.24) is 6.15 Å². The van der Waals surface area contributed by atoms with Crippen molar-refractivity contribution in [2.45, 2.75) is 0 Å². The molecule has 34 valence electrons. The van der Waals surface area contributed by atoms with E-state index < -0.39 is 0 Å². The Morgan fingerprint density at radius 2 is 0.750 bits per heavy atom. The van der Waals surface area contributed by atoms with E-state index in [0.29, 0.717) is 0 Å². The molecule has 4 heteroatoms. The zero-order valence-corrected chi connectivity index (χ0v) is 3.39. The summed E-state index contributed by atoms with van der Waals surface area (Å²) >= 11 is 0. The Labute approximate surface area is 38.2 Å². The minimum absolute atomic E-state index is 0. The summed E-state index contributed by atoms with van der Waals surface area (Å²) in [4.78, 5) is 0. The van der Waals surface area contributed by atoms with Crippen molar-refractivity contribution in [1.29, 1.82) is 0 Å². The first-order valence-corrected chi connectivity index (χ1v) is 0. The van der Waals surface area contributed by atoms with E-state index in [1.54, 1.807) is 0 Å². The second-order valence-electron chi connectivity index (χ2n) is 0. The Kier molecular flexibility index (Phi) is 3770. The third-order valence-corrected chi connectivity index (χ3v) is 0. The van der Waals surface area contributed by atoms with E-state index in [1.165, 1.54) is 0 Å². The maximum Gasteiger partial charge on any atom is 0 e. The van der Waals surface area contributed by atoms with Crippen LogP contribution in [0.3, 0.4) is 0 Å². The van der Waals surface area contributed by atoms with Crippen molar-refractivity contribution >= 4 is 0 Å². The fourth-order valence-corrected chi connectivity index (χ4v) is 0. The molecule has 3 nitrogen and oxygen atoms in total. The summed E-state index contributed by atoms with van der Waals surface area (Å²) < 4.78 is 0. The van der Waals surface area contributed by atoms with Crippen LogP contribution in [0.4, 0.5) is 0 Å². The first-order chi connectivity index (χ1) is 0. The van der Waals surface area contributed by atoms with Crippen LogP contribution < -0.4 is 6.15 Å². The molecule has 0 fully saturated rings. The van der Waals surface area contributed by atoms with Crippen molar-refractivity contribution in [3.05, 3.63) is 0 Å². The Balaban J connectivity index is 0. The minimum atomic E-state index is 0. The maximum absolute atomic E-state index is 0. The van der Waals surface area contributed by atoms with Crippen LogP contribution in [0, 0.1) is 0 Å². The molecule has 0 aliphatic heterocycles. The van der Waals surface area contributed by atoms with Gasteiger partial charge in [-0.15, -0.1) is 0 Å². The largest absolute Gasteiger partial charge is 2.00 e. The molecule has 0 radical (unpaired) electrons. The van der Waals surface area contributed by atoms with Crippen LogP contribution in [0.5, 0.6) is 0 Å². The monoisotopic (exact) mass is 155 g/mol. The SMILES string of the molecule is N.[O-2].[O-2].[Pd]. The van der Waals surface area contributed by atoms with E-state index in [9.17, 15) is 0 Å². The van der Waals surface area contributed by atoms with E-state index in [0.717, 1.165) is 0 Å². The molecule has 3 N–H and O–H groups in total. The molecule has 0 aromatic heterocycles. The Morgan fingerprint density at radius 3 is 0.750 bits per heavy atom. The van der Waals surface area contributed by atoms with Crippen molar-refractivity contribution < 1.29 is 31.4 Å². The summed E-state index contributed by atoms with van der Waals surface area (Å²) in [6.45, 7) is 0. The van der Waals surface area contributed by atoms with Crippen LogP contribution >= 0.6 is 0 Å². The van der Waals surface area contributed by atoms with Gasteiger partial charge in [0.1, 0.15) is 0 Å². The third kappa shape index (κ3) is 20.6. The van der Waals surface area contributed by atoms with E-state index in [2.05, 4.69) is 0 Å². The molecule has 0 bridgehead atoms. The Bertz CT molecular complexity index is 6.00. The van der Waals surface area contributed by atoms with Crippen LogP contribution in [0.25, 0.3) is 0 Å². The van der Waals surface area contributed by atoms with E-state index in [4.69, 9.17) is 0 Å². The van der Waals surface area contributed by atoms with Crippen LogP contribution in [0.15, 0.2) is 0 Å². The van der Waals surface area contributed by atoms with Gasteiger partial charge >= 0.3 is 0 Å². The van der Waals surface area contributed by atoms with Gasteiger partial charge in [-0.25, -0.2) is 0 Å². The van der Waals surface area contributed by atoms with Crippen molar-refractivity contribution in [3.63, 3.8) is 0 Å². The van der Waals surface area contributed by atoms with Crippen LogP contribution in [-0.2, 0) is 31.4 Å². The normalized spacial score (nSPS) is 0. The molecule has 0 saturated carbocycles. The smallest absolute Gasteiger partial charge is 0 e.